The van der Waals surface area contributed by atoms with Crippen molar-refractivity contribution < 1.29 is 14.0 Å². The predicted molar refractivity (Wildman–Crippen MR) is 71.6 cm³/mol. The van der Waals surface area contributed by atoms with E-state index in [9.17, 15) is 9.18 Å². The molecule has 1 spiro atoms. The van der Waals surface area contributed by atoms with Gasteiger partial charge in [-0.1, -0.05) is 23.4 Å². The van der Waals surface area contributed by atoms with Crippen molar-refractivity contribution in [3.05, 3.63) is 35.6 Å². The Morgan fingerprint density at radius 1 is 1.50 bits per heavy atom. The Labute approximate surface area is 116 Å². The quantitative estimate of drug-likeness (QED) is 0.864. The number of carbonyl (C=O) groups is 1. The minimum atomic E-state index is -0.356. The van der Waals surface area contributed by atoms with E-state index in [1.54, 1.807) is 18.2 Å². The van der Waals surface area contributed by atoms with Crippen LogP contribution in [-0.4, -0.2) is 30.3 Å². The Hall–Kier alpha value is -1.95. The van der Waals surface area contributed by atoms with Gasteiger partial charge in [-0.25, -0.2) is 4.39 Å². The normalized spacial score (nSPS) is 24.6. The van der Waals surface area contributed by atoms with Gasteiger partial charge in [0.05, 0.1) is 0 Å². The molecule has 20 heavy (non-hydrogen) atoms. The molecule has 2 aliphatic heterocycles. The Morgan fingerprint density at radius 2 is 2.35 bits per heavy atom. The third-order valence-corrected chi connectivity index (χ3v) is 3.70. The molecule has 6 heteroatoms. The van der Waals surface area contributed by atoms with Crippen molar-refractivity contribution in [2.75, 3.05) is 13.1 Å². The van der Waals surface area contributed by atoms with Gasteiger partial charge in [0.1, 0.15) is 11.5 Å². The van der Waals surface area contributed by atoms with E-state index in [0.717, 1.165) is 13.0 Å². The standard InChI is InChI=1S/C14H16FN3O2/c15-11-4-2-1-3-10(11)8-17-13(19)12-7-14(20-18-12)5-6-16-9-14/h1-4,16H,5-9H2,(H,17,19)/t14-/m0/s1. The zero-order chi connectivity index (χ0) is 14.0. The lowest BCUT2D eigenvalue weighted by atomic mass is 9.96. The summed E-state index contributed by atoms with van der Waals surface area (Å²) in [5, 5.41) is 9.75. The zero-order valence-electron chi connectivity index (χ0n) is 11.0. The smallest absolute Gasteiger partial charge is 0.269 e. The fourth-order valence-corrected chi connectivity index (χ4v) is 2.51. The largest absolute Gasteiger partial charge is 0.387 e. The second kappa shape index (κ2) is 5.20. The number of benzene rings is 1. The van der Waals surface area contributed by atoms with E-state index in [4.69, 9.17) is 4.84 Å². The van der Waals surface area contributed by atoms with Crippen molar-refractivity contribution in [1.82, 2.24) is 10.6 Å². The first kappa shape index (κ1) is 13.1. The highest BCUT2D eigenvalue weighted by Crippen LogP contribution is 2.29. The highest BCUT2D eigenvalue weighted by molar-refractivity contribution is 6.39. The summed E-state index contributed by atoms with van der Waals surface area (Å²) in [5.41, 5.74) is 0.479. The lowest BCUT2D eigenvalue weighted by Crippen LogP contribution is -2.36. The summed E-state index contributed by atoms with van der Waals surface area (Å²) in [6, 6.07) is 6.37. The van der Waals surface area contributed by atoms with Crippen LogP contribution in [0.4, 0.5) is 4.39 Å². The highest BCUT2D eigenvalue weighted by Gasteiger charge is 2.43. The Balaban J connectivity index is 1.57. The summed E-state index contributed by atoms with van der Waals surface area (Å²) in [6.07, 6.45) is 1.35. The lowest BCUT2D eigenvalue weighted by molar-refractivity contribution is -0.115. The minimum absolute atomic E-state index is 0.149. The SMILES string of the molecule is O=C(NCc1ccccc1F)C1=NO[C@@]2(CCNC2)C1. The van der Waals surface area contributed by atoms with Crippen LogP contribution in [0.1, 0.15) is 18.4 Å². The molecule has 2 aliphatic rings. The van der Waals surface area contributed by atoms with Crippen LogP contribution in [0.25, 0.3) is 0 Å². The van der Waals surface area contributed by atoms with Gasteiger partial charge >= 0.3 is 0 Å². The molecule has 2 N–H and O–H groups in total. The summed E-state index contributed by atoms with van der Waals surface area (Å²) in [6.45, 7) is 1.73. The second-order valence-corrected chi connectivity index (χ2v) is 5.19. The first-order valence-electron chi connectivity index (χ1n) is 6.66. The summed E-state index contributed by atoms with van der Waals surface area (Å²) in [5.74, 6) is -0.620. The first-order chi connectivity index (χ1) is 9.69. The molecule has 5 nitrogen and oxygen atoms in total. The van der Waals surface area contributed by atoms with Gasteiger partial charge in [0, 0.05) is 31.5 Å². The molecule has 0 aliphatic carbocycles. The molecule has 0 bridgehead atoms. The van der Waals surface area contributed by atoms with Crippen molar-refractivity contribution in [3.8, 4) is 0 Å². The van der Waals surface area contributed by atoms with Crippen molar-refractivity contribution in [2.45, 2.75) is 25.0 Å². The van der Waals surface area contributed by atoms with Gasteiger partial charge in [-0.15, -0.1) is 0 Å². The third kappa shape index (κ3) is 2.51. The molecule has 0 aromatic heterocycles. The van der Waals surface area contributed by atoms with E-state index in [1.807, 2.05) is 0 Å². The fourth-order valence-electron chi connectivity index (χ4n) is 2.51. The van der Waals surface area contributed by atoms with Crippen LogP contribution < -0.4 is 10.6 Å². The van der Waals surface area contributed by atoms with Crippen LogP contribution in [-0.2, 0) is 16.2 Å². The summed E-state index contributed by atoms with van der Waals surface area (Å²) in [7, 11) is 0. The van der Waals surface area contributed by atoms with Crippen molar-refractivity contribution in [1.29, 1.82) is 0 Å². The minimum Gasteiger partial charge on any atom is -0.387 e. The lowest BCUT2D eigenvalue weighted by Gasteiger charge is -2.18. The average Bonchev–Trinajstić information content (AvgIpc) is 3.08. The van der Waals surface area contributed by atoms with Crippen LogP contribution in [0, 0.1) is 5.82 Å². The molecule has 3 rings (SSSR count). The number of amides is 1. The summed E-state index contributed by atoms with van der Waals surface area (Å²) < 4.78 is 13.4. The maximum Gasteiger partial charge on any atom is 0.269 e. The van der Waals surface area contributed by atoms with Crippen molar-refractivity contribution >= 4 is 11.6 Å². The third-order valence-electron chi connectivity index (χ3n) is 3.70. The maximum atomic E-state index is 13.4. The van der Waals surface area contributed by atoms with E-state index < -0.39 is 0 Å². The molecule has 1 atom stereocenters. The Kier molecular flexibility index (Phi) is 3.40. The molecule has 1 aromatic carbocycles. The molecule has 0 unspecified atom stereocenters. The molecule has 2 heterocycles. The van der Waals surface area contributed by atoms with Gasteiger partial charge in [0.2, 0.25) is 0 Å². The molecule has 0 saturated carbocycles. The topological polar surface area (TPSA) is 62.7 Å². The van der Waals surface area contributed by atoms with Crippen LogP contribution in [0.2, 0.25) is 0 Å². The Bertz CT molecular complexity index is 553. The van der Waals surface area contributed by atoms with E-state index in [2.05, 4.69) is 15.8 Å². The average molecular weight is 277 g/mol. The fraction of sp³-hybridized carbons (Fsp3) is 0.429. The molecular formula is C14H16FN3O2. The van der Waals surface area contributed by atoms with Crippen molar-refractivity contribution in [3.63, 3.8) is 0 Å². The molecule has 1 amide bonds. The summed E-state index contributed by atoms with van der Waals surface area (Å²) >= 11 is 0. The van der Waals surface area contributed by atoms with Gasteiger partial charge in [-0.05, 0) is 12.6 Å². The van der Waals surface area contributed by atoms with Crippen LogP contribution >= 0.6 is 0 Å². The number of hydrogen-bond donors (Lipinski definition) is 2. The molecule has 0 radical (unpaired) electrons. The van der Waals surface area contributed by atoms with Gasteiger partial charge in [0.25, 0.3) is 5.91 Å². The zero-order valence-corrected chi connectivity index (χ0v) is 11.0. The second-order valence-electron chi connectivity index (χ2n) is 5.19. The maximum absolute atomic E-state index is 13.4. The first-order valence-corrected chi connectivity index (χ1v) is 6.66. The summed E-state index contributed by atoms with van der Waals surface area (Å²) in [4.78, 5) is 17.4. The van der Waals surface area contributed by atoms with Crippen molar-refractivity contribution in [2.24, 2.45) is 5.16 Å². The van der Waals surface area contributed by atoms with Gasteiger partial charge in [0.15, 0.2) is 5.60 Å². The number of hydrogen-bond acceptors (Lipinski definition) is 4. The Morgan fingerprint density at radius 3 is 3.10 bits per heavy atom. The van der Waals surface area contributed by atoms with E-state index >= 15 is 0 Å². The molecular weight excluding hydrogens is 261 g/mol. The number of carbonyl (C=O) groups excluding carboxylic acids is 1. The highest BCUT2D eigenvalue weighted by atomic mass is 19.1. The molecule has 1 fully saturated rings. The van der Waals surface area contributed by atoms with E-state index in [0.29, 0.717) is 24.2 Å². The number of halogens is 1. The van der Waals surface area contributed by atoms with Crippen LogP contribution in [0.3, 0.4) is 0 Å². The number of oxime groups is 1. The number of nitrogens with one attached hydrogen (secondary N) is 2. The molecule has 106 valence electrons. The van der Waals surface area contributed by atoms with E-state index in [1.165, 1.54) is 6.07 Å². The number of rotatable bonds is 3. The van der Waals surface area contributed by atoms with Crippen LogP contribution in [0.5, 0.6) is 0 Å². The number of nitrogens with zero attached hydrogens (tertiary/aromatic N) is 1. The van der Waals surface area contributed by atoms with E-state index in [-0.39, 0.29) is 23.9 Å². The predicted octanol–water partition coefficient (Wildman–Crippen LogP) is 0.950. The van der Waals surface area contributed by atoms with Gasteiger partial charge in [-0.2, -0.15) is 0 Å². The van der Waals surface area contributed by atoms with Gasteiger partial charge in [-0.3, -0.25) is 4.79 Å². The van der Waals surface area contributed by atoms with Gasteiger partial charge < -0.3 is 15.5 Å². The monoisotopic (exact) mass is 277 g/mol. The molecule has 1 saturated heterocycles. The van der Waals surface area contributed by atoms with Crippen LogP contribution in [0.15, 0.2) is 29.4 Å². The molecule has 1 aromatic rings.